The van der Waals surface area contributed by atoms with Crippen molar-refractivity contribution in [1.29, 1.82) is 0 Å². The highest BCUT2D eigenvalue weighted by atomic mass is 16.2. The monoisotopic (exact) mass is 571 g/mol. The van der Waals surface area contributed by atoms with Crippen LogP contribution >= 0.6 is 0 Å². The van der Waals surface area contributed by atoms with Gasteiger partial charge in [-0.15, -0.1) is 5.10 Å². The molecule has 2 aromatic carbocycles. The molecule has 0 aliphatic carbocycles. The Bertz CT molecular complexity index is 1470. The second-order valence-corrected chi connectivity index (χ2v) is 15.7. The number of para-hydroxylation sites is 1. The van der Waals surface area contributed by atoms with Gasteiger partial charge in [0.05, 0.1) is 17.2 Å². The third-order valence-electron chi connectivity index (χ3n) is 8.03. The van der Waals surface area contributed by atoms with Crippen LogP contribution in [0.3, 0.4) is 0 Å². The minimum absolute atomic E-state index is 0.0132. The van der Waals surface area contributed by atoms with Crippen molar-refractivity contribution < 1.29 is 9.59 Å². The second-order valence-electron chi connectivity index (χ2n) is 15.7. The van der Waals surface area contributed by atoms with Crippen molar-refractivity contribution >= 4 is 17.5 Å². The molecule has 1 unspecified atom stereocenters. The van der Waals surface area contributed by atoms with E-state index in [-0.39, 0.29) is 34.2 Å². The molecule has 0 saturated carbocycles. The van der Waals surface area contributed by atoms with E-state index in [4.69, 9.17) is 0 Å². The number of rotatable bonds is 0. The number of anilines is 1. The van der Waals surface area contributed by atoms with Crippen LogP contribution in [-0.4, -0.2) is 42.8 Å². The topological polar surface area (TPSA) is 71.3 Å². The van der Waals surface area contributed by atoms with Crippen molar-refractivity contribution in [3.05, 3.63) is 54.1 Å². The molecule has 5 rings (SSSR count). The molecule has 7 heteroatoms. The molecule has 1 saturated heterocycles. The standard InChI is InChI=1S/C23H28N4.C12H21NO2/c1-22(2,3)26-15-16-11-7-8-12-17(16)21-20(18-13-9-10-14-19(18)26)24-25-27(21)23(4,5)6;1-11(2,3)8-7-9(14)13(10(8)15)12(4,5)6/h7-14H,15H2,1-6H3;8H,7H2,1-6H3. The van der Waals surface area contributed by atoms with Gasteiger partial charge in [-0.2, -0.15) is 0 Å². The molecule has 0 radical (unpaired) electrons. The fourth-order valence-electron chi connectivity index (χ4n) is 5.84. The van der Waals surface area contributed by atoms with Gasteiger partial charge in [-0.1, -0.05) is 68.4 Å². The fraction of sp³-hybridized carbons (Fsp3) is 0.543. The summed E-state index contributed by atoms with van der Waals surface area (Å²) in [6.45, 7) is 25.9. The Hall–Kier alpha value is -3.48. The minimum atomic E-state index is -0.395. The third-order valence-corrected chi connectivity index (χ3v) is 8.03. The molecule has 7 nitrogen and oxygen atoms in total. The van der Waals surface area contributed by atoms with E-state index in [1.165, 1.54) is 21.7 Å². The number of likely N-dealkylation sites (tertiary alicyclic amines) is 1. The summed E-state index contributed by atoms with van der Waals surface area (Å²) in [5.74, 6) is -0.211. The first-order chi connectivity index (χ1) is 19.2. The fourth-order valence-corrected chi connectivity index (χ4v) is 5.84. The molecule has 2 amide bonds. The summed E-state index contributed by atoms with van der Waals surface area (Å²) < 4.78 is 2.07. The molecule has 1 fully saturated rings. The number of carbonyl (C=O) groups is 2. The molecule has 0 N–H and O–H groups in total. The van der Waals surface area contributed by atoms with Gasteiger partial charge in [0.25, 0.3) is 0 Å². The molecular weight excluding hydrogens is 522 g/mol. The molecule has 2 aliphatic rings. The maximum Gasteiger partial charge on any atom is 0.233 e. The Morgan fingerprint density at radius 3 is 1.79 bits per heavy atom. The maximum atomic E-state index is 12.1. The van der Waals surface area contributed by atoms with Crippen LogP contribution in [0, 0.1) is 11.3 Å². The van der Waals surface area contributed by atoms with Crippen molar-refractivity contribution in [2.75, 3.05) is 4.90 Å². The first-order valence-electron chi connectivity index (χ1n) is 15.0. The molecule has 1 aromatic heterocycles. The first-order valence-corrected chi connectivity index (χ1v) is 15.0. The molecule has 226 valence electrons. The zero-order valence-electron chi connectivity index (χ0n) is 27.7. The van der Waals surface area contributed by atoms with E-state index in [9.17, 15) is 9.59 Å². The highest BCUT2D eigenvalue weighted by Gasteiger charge is 2.48. The van der Waals surface area contributed by atoms with Gasteiger partial charge in [-0.25, -0.2) is 4.68 Å². The summed E-state index contributed by atoms with van der Waals surface area (Å²) in [7, 11) is 0. The smallest absolute Gasteiger partial charge is 0.233 e. The average molecular weight is 572 g/mol. The number of aromatic nitrogens is 3. The van der Waals surface area contributed by atoms with E-state index in [2.05, 4.69) is 110 Å². The largest absolute Gasteiger partial charge is 0.362 e. The number of hydrogen-bond acceptors (Lipinski definition) is 5. The van der Waals surface area contributed by atoms with E-state index in [1.807, 2.05) is 41.5 Å². The van der Waals surface area contributed by atoms with Gasteiger partial charge in [-0.05, 0) is 79.4 Å². The van der Waals surface area contributed by atoms with Crippen molar-refractivity contribution in [3.63, 3.8) is 0 Å². The predicted octanol–water partition coefficient (Wildman–Crippen LogP) is 7.69. The van der Waals surface area contributed by atoms with Crippen LogP contribution in [0.1, 0.15) is 95.1 Å². The Morgan fingerprint density at radius 1 is 0.714 bits per heavy atom. The van der Waals surface area contributed by atoms with Gasteiger partial charge >= 0.3 is 0 Å². The van der Waals surface area contributed by atoms with Crippen LogP contribution < -0.4 is 4.90 Å². The van der Waals surface area contributed by atoms with Crippen LogP contribution in [0.4, 0.5) is 5.69 Å². The van der Waals surface area contributed by atoms with E-state index < -0.39 is 5.54 Å². The van der Waals surface area contributed by atoms with Crippen LogP contribution in [-0.2, 0) is 21.7 Å². The van der Waals surface area contributed by atoms with Crippen molar-refractivity contribution in [2.24, 2.45) is 11.3 Å². The van der Waals surface area contributed by atoms with Crippen LogP contribution in [0.5, 0.6) is 0 Å². The summed E-state index contributed by atoms with van der Waals surface area (Å²) >= 11 is 0. The molecule has 3 aromatic rings. The second kappa shape index (κ2) is 10.7. The van der Waals surface area contributed by atoms with Crippen LogP contribution in [0.25, 0.3) is 22.5 Å². The lowest BCUT2D eigenvalue weighted by molar-refractivity contribution is -0.145. The molecular formula is C35H49N5O2. The third kappa shape index (κ3) is 6.02. The van der Waals surface area contributed by atoms with Crippen molar-refractivity contribution in [1.82, 2.24) is 19.9 Å². The number of carbonyl (C=O) groups excluding carboxylic acids is 2. The van der Waals surface area contributed by atoms with Gasteiger partial charge in [0.15, 0.2) is 0 Å². The minimum Gasteiger partial charge on any atom is -0.362 e. The Balaban J connectivity index is 0.000000230. The number of hydrogen-bond donors (Lipinski definition) is 0. The normalized spacial score (nSPS) is 17.6. The number of imide groups is 1. The van der Waals surface area contributed by atoms with E-state index >= 15 is 0 Å². The predicted molar refractivity (Wildman–Crippen MR) is 171 cm³/mol. The number of fused-ring (bicyclic) bond motifs is 5. The number of amides is 2. The van der Waals surface area contributed by atoms with Gasteiger partial charge in [0.2, 0.25) is 11.8 Å². The van der Waals surface area contributed by atoms with Crippen LogP contribution in [0.15, 0.2) is 48.5 Å². The van der Waals surface area contributed by atoms with Gasteiger partial charge in [-0.3, -0.25) is 14.5 Å². The summed E-state index contributed by atoms with van der Waals surface area (Å²) in [5, 5.41) is 9.25. The SMILES string of the molecule is CC(C)(C)C1CC(=O)N(C(C)(C)C)C1=O.CC(C)(C)N1Cc2ccccc2-c2c(nnn2C(C)(C)C)-c2ccccc21. The Labute approximate surface area is 252 Å². The Morgan fingerprint density at radius 2 is 1.29 bits per heavy atom. The highest BCUT2D eigenvalue weighted by Crippen LogP contribution is 2.44. The summed E-state index contributed by atoms with van der Waals surface area (Å²) in [6, 6.07) is 17.2. The molecule has 42 heavy (non-hydrogen) atoms. The van der Waals surface area contributed by atoms with Gasteiger partial charge in [0.1, 0.15) is 5.69 Å². The average Bonchev–Trinajstić information content (AvgIpc) is 3.42. The van der Waals surface area contributed by atoms with E-state index in [1.54, 1.807) is 0 Å². The zero-order valence-corrected chi connectivity index (χ0v) is 27.7. The quantitative estimate of drug-likeness (QED) is 0.259. The summed E-state index contributed by atoms with van der Waals surface area (Å²) in [6.07, 6.45) is 0.361. The number of benzene rings is 2. The number of nitrogens with zero attached hydrogens (tertiary/aromatic N) is 5. The van der Waals surface area contributed by atoms with Crippen molar-refractivity contribution in [3.8, 4) is 22.5 Å². The van der Waals surface area contributed by atoms with Gasteiger partial charge in [0, 0.05) is 40.9 Å². The molecule has 2 aliphatic heterocycles. The maximum absolute atomic E-state index is 12.1. The first kappa shape index (κ1) is 31.5. The van der Waals surface area contributed by atoms with Crippen molar-refractivity contribution in [2.45, 2.75) is 113 Å². The lowest BCUT2D eigenvalue weighted by Gasteiger charge is -2.40. The lowest BCUT2D eigenvalue weighted by Crippen LogP contribution is -2.46. The van der Waals surface area contributed by atoms with E-state index in [0.29, 0.717) is 6.42 Å². The Kier molecular flexibility index (Phi) is 7.98. The molecule has 3 heterocycles. The summed E-state index contributed by atoms with van der Waals surface area (Å²) in [4.78, 5) is 27.8. The highest BCUT2D eigenvalue weighted by molar-refractivity contribution is 6.04. The van der Waals surface area contributed by atoms with Crippen LogP contribution in [0.2, 0.25) is 0 Å². The molecule has 1 atom stereocenters. The zero-order chi connectivity index (χ0) is 31.4. The van der Waals surface area contributed by atoms with E-state index in [0.717, 1.165) is 23.5 Å². The van der Waals surface area contributed by atoms with Gasteiger partial charge < -0.3 is 4.90 Å². The molecule has 0 spiro atoms. The summed E-state index contributed by atoms with van der Waals surface area (Å²) in [5.41, 5.74) is 6.26. The molecule has 0 bridgehead atoms. The lowest BCUT2D eigenvalue weighted by atomic mass is 9.80.